The van der Waals surface area contributed by atoms with E-state index >= 15 is 0 Å². The highest BCUT2D eigenvalue weighted by Crippen LogP contribution is 2.31. The van der Waals surface area contributed by atoms with E-state index < -0.39 is 0 Å². The molecule has 8 heteroatoms. The molecule has 0 amide bonds. The molecule has 2 aromatic rings. The minimum Gasteiger partial charge on any atom is -0.452 e. The van der Waals surface area contributed by atoms with Crippen molar-refractivity contribution in [3.63, 3.8) is 0 Å². The van der Waals surface area contributed by atoms with Gasteiger partial charge in [-0.1, -0.05) is 11.6 Å². The van der Waals surface area contributed by atoms with Crippen LogP contribution in [0, 0.1) is 0 Å². The second-order valence-electron chi connectivity index (χ2n) is 5.65. The number of nitrogens with one attached hydrogen (secondary N) is 1. The largest absolute Gasteiger partial charge is 0.452 e. The molecule has 1 saturated carbocycles. The van der Waals surface area contributed by atoms with Crippen molar-refractivity contribution < 1.29 is 9.84 Å². The zero-order valence-electron chi connectivity index (χ0n) is 13.0. The van der Waals surface area contributed by atoms with Crippen LogP contribution in [0.15, 0.2) is 30.5 Å². The lowest BCUT2D eigenvalue weighted by molar-refractivity contribution is 0.126. The molecule has 0 saturated heterocycles. The van der Waals surface area contributed by atoms with Crippen molar-refractivity contribution >= 4 is 35.8 Å². The van der Waals surface area contributed by atoms with Gasteiger partial charge in [0.2, 0.25) is 5.95 Å². The van der Waals surface area contributed by atoms with E-state index in [1.54, 1.807) is 30.5 Å². The number of nitrogens with zero attached hydrogens (tertiary/aromatic N) is 2. The van der Waals surface area contributed by atoms with Crippen molar-refractivity contribution in [3.05, 3.63) is 35.5 Å². The lowest BCUT2D eigenvalue weighted by Gasteiger charge is -2.27. The molecule has 1 fully saturated rings. The van der Waals surface area contributed by atoms with E-state index in [0.717, 1.165) is 25.7 Å². The van der Waals surface area contributed by atoms with E-state index in [1.807, 2.05) is 0 Å². The molecule has 0 unspecified atom stereocenters. The first kappa shape index (κ1) is 18.6. The Morgan fingerprint density at radius 1 is 1.17 bits per heavy atom. The third-order valence-corrected chi connectivity index (χ3v) is 4.10. The molecule has 1 aromatic heterocycles. The van der Waals surface area contributed by atoms with Gasteiger partial charge in [-0.3, -0.25) is 0 Å². The summed E-state index contributed by atoms with van der Waals surface area (Å²) in [7, 11) is 0. The van der Waals surface area contributed by atoms with Gasteiger partial charge in [0.05, 0.1) is 12.3 Å². The third kappa shape index (κ3) is 4.87. The van der Waals surface area contributed by atoms with E-state index in [-0.39, 0.29) is 30.5 Å². The van der Waals surface area contributed by atoms with Crippen molar-refractivity contribution in [3.8, 4) is 11.5 Å². The van der Waals surface area contributed by atoms with Crippen LogP contribution in [0.2, 0.25) is 5.02 Å². The Labute approximate surface area is 151 Å². The van der Waals surface area contributed by atoms with Gasteiger partial charge in [0.15, 0.2) is 11.6 Å². The number of halogens is 2. The van der Waals surface area contributed by atoms with E-state index in [4.69, 9.17) is 22.1 Å². The lowest BCUT2D eigenvalue weighted by Crippen LogP contribution is -2.28. The molecule has 4 N–H and O–H groups in total. The summed E-state index contributed by atoms with van der Waals surface area (Å²) >= 11 is 5.88. The van der Waals surface area contributed by atoms with E-state index in [9.17, 15) is 5.11 Å². The van der Waals surface area contributed by atoms with Gasteiger partial charge in [0.25, 0.3) is 0 Å². The number of aliphatic hydroxyl groups is 1. The summed E-state index contributed by atoms with van der Waals surface area (Å²) in [5.74, 6) is 1.90. The van der Waals surface area contributed by atoms with E-state index in [2.05, 4.69) is 15.3 Å². The standard InChI is InChI=1S/C16H19ClN4O2.ClH/c17-10-1-7-13(8-2-10)23-14-9-19-16(18)21-15(14)20-11-3-5-12(22)6-4-11;/h1-2,7-9,11-12,22H,3-6H2,(H3,18,19,20,21);1H. The monoisotopic (exact) mass is 370 g/mol. The molecule has 0 spiro atoms. The van der Waals surface area contributed by atoms with Gasteiger partial charge in [0, 0.05) is 11.1 Å². The van der Waals surface area contributed by atoms with Gasteiger partial charge in [-0.15, -0.1) is 12.4 Å². The van der Waals surface area contributed by atoms with Crippen molar-refractivity contribution in [1.29, 1.82) is 0 Å². The molecule has 0 radical (unpaired) electrons. The second-order valence-corrected chi connectivity index (χ2v) is 6.08. The number of aliphatic hydroxyl groups excluding tert-OH is 1. The summed E-state index contributed by atoms with van der Waals surface area (Å²) in [6.07, 6.45) is 4.68. The quantitative estimate of drug-likeness (QED) is 0.760. The molecular weight excluding hydrogens is 351 g/mol. The predicted octanol–water partition coefficient (Wildman–Crippen LogP) is 3.64. The number of nitrogen functional groups attached to an aromatic ring is 1. The SMILES string of the molecule is Cl.Nc1ncc(Oc2ccc(Cl)cc2)c(NC2CCC(O)CC2)n1. The van der Waals surface area contributed by atoms with Crippen LogP contribution >= 0.6 is 24.0 Å². The van der Waals surface area contributed by atoms with Crippen LogP contribution in [-0.2, 0) is 0 Å². The maximum Gasteiger partial charge on any atom is 0.222 e. The van der Waals surface area contributed by atoms with Gasteiger partial charge < -0.3 is 20.9 Å². The number of benzene rings is 1. The van der Waals surface area contributed by atoms with Crippen molar-refractivity contribution in [1.82, 2.24) is 9.97 Å². The highest BCUT2D eigenvalue weighted by atomic mass is 35.5. The van der Waals surface area contributed by atoms with E-state index in [1.165, 1.54) is 0 Å². The number of ether oxygens (including phenoxy) is 1. The molecule has 1 aliphatic carbocycles. The molecule has 0 bridgehead atoms. The Morgan fingerprint density at radius 3 is 2.50 bits per heavy atom. The highest BCUT2D eigenvalue weighted by molar-refractivity contribution is 6.30. The van der Waals surface area contributed by atoms with Gasteiger partial charge in [-0.25, -0.2) is 4.98 Å². The van der Waals surface area contributed by atoms with Gasteiger partial charge >= 0.3 is 0 Å². The van der Waals surface area contributed by atoms with Crippen molar-refractivity contribution in [2.75, 3.05) is 11.1 Å². The summed E-state index contributed by atoms with van der Waals surface area (Å²) in [6, 6.07) is 7.30. The smallest absolute Gasteiger partial charge is 0.222 e. The number of hydrogen-bond donors (Lipinski definition) is 3. The number of hydrogen-bond acceptors (Lipinski definition) is 6. The Kier molecular flexibility index (Phi) is 6.48. The maximum absolute atomic E-state index is 9.60. The minimum atomic E-state index is -0.201. The van der Waals surface area contributed by atoms with Crippen LogP contribution in [0.25, 0.3) is 0 Å². The number of anilines is 2. The van der Waals surface area contributed by atoms with Gasteiger partial charge in [0.1, 0.15) is 5.75 Å². The fourth-order valence-corrected chi connectivity index (χ4v) is 2.73. The predicted molar refractivity (Wildman–Crippen MR) is 97.1 cm³/mol. The van der Waals surface area contributed by atoms with Crippen LogP contribution in [0.1, 0.15) is 25.7 Å². The van der Waals surface area contributed by atoms with Gasteiger partial charge in [-0.2, -0.15) is 4.98 Å². The van der Waals surface area contributed by atoms with Crippen LogP contribution in [0.4, 0.5) is 11.8 Å². The molecule has 1 aromatic carbocycles. The molecule has 130 valence electrons. The third-order valence-electron chi connectivity index (χ3n) is 3.85. The summed E-state index contributed by atoms with van der Waals surface area (Å²) in [4.78, 5) is 8.24. The van der Waals surface area contributed by atoms with Gasteiger partial charge in [-0.05, 0) is 49.9 Å². The number of rotatable bonds is 4. The molecule has 0 aliphatic heterocycles. The van der Waals surface area contributed by atoms with Crippen LogP contribution < -0.4 is 15.8 Å². The Morgan fingerprint density at radius 2 is 1.83 bits per heavy atom. The molecule has 0 atom stereocenters. The number of aromatic nitrogens is 2. The summed E-state index contributed by atoms with van der Waals surface area (Å²) in [6.45, 7) is 0. The lowest BCUT2D eigenvalue weighted by atomic mass is 9.93. The van der Waals surface area contributed by atoms with Crippen LogP contribution in [0.3, 0.4) is 0 Å². The zero-order chi connectivity index (χ0) is 16.2. The molecule has 1 aliphatic rings. The molecule has 3 rings (SSSR count). The average molecular weight is 371 g/mol. The topological polar surface area (TPSA) is 93.3 Å². The maximum atomic E-state index is 9.60. The average Bonchev–Trinajstić information content (AvgIpc) is 2.54. The summed E-state index contributed by atoms with van der Waals surface area (Å²) in [5, 5.41) is 13.6. The molecule has 6 nitrogen and oxygen atoms in total. The normalized spacial score (nSPS) is 20.1. The first-order chi connectivity index (χ1) is 11.1. The Balaban J connectivity index is 0.00000208. The fourth-order valence-electron chi connectivity index (χ4n) is 2.61. The zero-order valence-corrected chi connectivity index (χ0v) is 14.6. The Hall–Kier alpha value is -1.76. The first-order valence-corrected chi connectivity index (χ1v) is 7.98. The first-order valence-electron chi connectivity index (χ1n) is 7.60. The molecule has 24 heavy (non-hydrogen) atoms. The molecular formula is C16H20Cl2N4O2. The summed E-state index contributed by atoms with van der Waals surface area (Å²) < 4.78 is 5.83. The number of nitrogens with two attached hydrogens (primary N) is 1. The van der Waals surface area contributed by atoms with Crippen molar-refractivity contribution in [2.45, 2.75) is 37.8 Å². The van der Waals surface area contributed by atoms with E-state index in [0.29, 0.717) is 22.3 Å². The van der Waals surface area contributed by atoms with Crippen LogP contribution in [0.5, 0.6) is 11.5 Å². The Bertz CT molecular complexity index is 662. The molecule has 1 heterocycles. The second kappa shape index (κ2) is 8.37. The minimum absolute atomic E-state index is 0. The van der Waals surface area contributed by atoms with Crippen LogP contribution in [-0.4, -0.2) is 27.2 Å². The fraction of sp³-hybridized carbons (Fsp3) is 0.375. The summed E-state index contributed by atoms with van der Waals surface area (Å²) in [5.41, 5.74) is 5.69. The van der Waals surface area contributed by atoms with Crippen molar-refractivity contribution in [2.24, 2.45) is 0 Å². The highest BCUT2D eigenvalue weighted by Gasteiger charge is 2.21.